The van der Waals surface area contributed by atoms with E-state index in [4.69, 9.17) is 0 Å². The lowest BCUT2D eigenvalue weighted by molar-refractivity contribution is 0.0883. The van der Waals surface area contributed by atoms with Gasteiger partial charge in [0.05, 0.1) is 18.0 Å². The number of piperidine rings is 1. The first-order valence-electron chi connectivity index (χ1n) is 9.09. The van der Waals surface area contributed by atoms with Gasteiger partial charge in [-0.15, -0.1) is 0 Å². The van der Waals surface area contributed by atoms with Crippen molar-refractivity contribution in [2.45, 2.75) is 19.0 Å². The summed E-state index contributed by atoms with van der Waals surface area (Å²) in [6, 6.07) is 4.58. The summed E-state index contributed by atoms with van der Waals surface area (Å²) in [5, 5.41) is 17.3. The van der Waals surface area contributed by atoms with Crippen LogP contribution in [-0.4, -0.2) is 62.5 Å². The molecule has 148 valence electrons. The number of nitrogens with zero attached hydrogens (tertiary/aromatic N) is 6. The summed E-state index contributed by atoms with van der Waals surface area (Å²) in [5.41, 5.74) is 1.22. The van der Waals surface area contributed by atoms with Gasteiger partial charge in [-0.3, -0.25) is 0 Å². The van der Waals surface area contributed by atoms with Crippen molar-refractivity contribution in [3.05, 3.63) is 36.4 Å². The Morgan fingerprint density at radius 2 is 2.14 bits per heavy atom. The number of halogens is 2. The van der Waals surface area contributed by atoms with E-state index in [1.807, 2.05) is 7.05 Å². The molecule has 0 spiro atoms. The van der Waals surface area contributed by atoms with Crippen molar-refractivity contribution in [2.24, 2.45) is 5.92 Å². The highest BCUT2D eigenvalue weighted by Crippen LogP contribution is 2.26. The quantitative estimate of drug-likeness (QED) is 0.684. The molecule has 0 bridgehead atoms. The van der Waals surface area contributed by atoms with Crippen molar-refractivity contribution in [1.82, 2.24) is 29.9 Å². The third kappa shape index (κ3) is 3.52. The van der Waals surface area contributed by atoms with Crippen molar-refractivity contribution in [2.75, 3.05) is 31.6 Å². The highest BCUT2D eigenvalue weighted by molar-refractivity contribution is 5.62. The van der Waals surface area contributed by atoms with Crippen LogP contribution < -0.4 is 10.2 Å². The van der Waals surface area contributed by atoms with Gasteiger partial charge in [-0.2, -0.15) is 5.10 Å². The molecular formula is C18H21F2N7O. The summed E-state index contributed by atoms with van der Waals surface area (Å²) < 4.78 is 27.4. The SMILES string of the molecule is CNCC1CN(c2cc(-c3cnc4ccc(C(F)F)nn34)ncn2)CCC1O. The number of aliphatic hydroxyl groups is 1. The lowest BCUT2D eigenvalue weighted by Gasteiger charge is -2.36. The van der Waals surface area contributed by atoms with Crippen LogP contribution in [0.2, 0.25) is 0 Å². The smallest absolute Gasteiger partial charge is 0.282 e. The van der Waals surface area contributed by atoms with Gasteiger partial charge in [0.2, 0.25) is 0 Å². The van der Waals surface area contributed by atoms with Gasteiger partial charge in [0.25, 0.3) is 6.43 Å². The zero-order chi connectivity index (χ0) is 19.7. The highest BCUT2D eigenvalue weighted by Gasteiger charge is 2.28. The molecule has 2 N–H and O–H groups in total. The maximum Gasteiger partial charge on any atom is 0.282 e. The molecule has 3 aromatic heterocycles. The Balaban J connectivity index is 1.66. The monoisotopic (exact) mass is 389 g/mol. The van der Waals surface area contributed by atoms with Gasteiger partial charge in [-0.25, -0.2) is 28.2 Å². The second kappa shape index (κ2) is 7.72. The van der Waals surface area contributed by atoms with E-state index in [0.717, 1.165) is 5.82 Å². The van der Waals surface area contributed by atoms with E-state index in [1.165, 1.54) is 23.0 Å². The minimum absolute atomic E-state index is 0.100. The Hall–Kier alpha value is -2.72. The van der Waals surface area contributed by atoms with Crippen LogP contribution in [0.4, 0.5) is 14.6 Å². The van der Waals surface area contributed by atoms with Crippen molar-refractivity contribution >= 4 is 11.5 Å². The van der Waals surface area contributed by atoms with Crippen molar-refractivity contribution in [3.8, 4) is 11.4 Å². The molecule has 4 rings (SSSR count). The van der Waals surface area contributed by atoms with Gasteiger partial charge in [0, 0.05) is 31.6 Å². The molecule has 8 nitrogen and oxygen atoms in total. The highest BCUT2D eigenvalue weighted by atomic mass is 19.3. The Morgan fingerprint density at radius 1 is 1.29 bits per heavy atom. The second-order valence-electron chi connectivity index (χ2n) is 6.85. The molecule has 2 atom stereocenters. The zero-order valence-corrected chi connectivity index (χ0v) is 15.3. The summed E-state index contributed by atoms with van der Waals surface area (Å²) >= 11 is 0. The molecule has 1 fully saturated rings. The first-order valence-corrected chi connectivity index (χ1v) is 9.09. The average molecular weight is 389 g/mol. The second-order valence-corrected chi connectivity index (χ2v) is 6.85. The first-order chi connectivity index (χ1) is 13.6. The maximum absolute atomic E-state index is 13.0. The number of fused-ring (bicyclic) bond motifs is 1. The third-order valence-electron chi connectivity index (χ3n) is 5.01. The van der Waals surface area contributed by atoms with Gasteiger partial charge < -0.3 is 15.3 Å². The van der Waals surface area contributed by atoms with Gasteiger partial charge >= 0.3 is 0 Å². The first kappa shape index (κ1) is 18.6. The van der Waals surface area contributed by atoms with Crippen LogP contribution in [0, 0.1) is 5.92 Å². The maximum atomic E-state index is 13.0. The minimum atomic E-state index is -2.66. The van der Waals surface area contributed by atoms with Crippen LogP contribution >= 0.6 is 0 Å². The van der Waals surface area contributed by atoms with Crippen LogP contribution in [0.25, 0.3) is 17.0 Å². The van der Waals surface area contributed by atoms with E-state index >= 15 is 0 Å². The van der Waals surface area contributed by atoms with Crippen molar-refractivity contribution in [3.63, 3.8) is 0 Å². The molecule has 1 saturated heterocycles. The van der Waals surface area contributed by atoms with Crippen LogP contribution in [0.5, 0.6) is 0 Å². The molecule has 2 unspecified atom stereocenters. The lowest BCUT2D eigenvalue weighted by atomic mass is 9.94. The van der Waals surface area contributed by atoms with Gasteiger partial charge in [0.15, 0.2) is 5.65 Å². The molecule has 0 aromatic carbocycles. The van der Waals surface area contributed by atoms with Gasteiger partial charge in [0.1, 0.15) is 23.5 Å². The molecule has 10 heteroatoms. The van der Waals surface area contributed by atoms with Crippen molar-refractivity contribution < 1.29 is 13.9 Å². The molecule has 3 aromatic rings. The molecule has 28 heavy (non-hydrogen) atoms. The Bertz CT molecular complexity index is 964. The predicted octanol–water partition coefficient (Wildman–Crippen LogP) is 1.53. The summed E-state index contributed by atoms with van der Waals surface area (Å²) in [6.07, 6.45) is 0.651. The van der Waals surface area contributed by atoms with Crippen LogP contribution in [-0.2, 0) is 0 Å². The summed E-state index contributed by atoms with van der Waals surface area (Å²) in [4.78, 5) is 15.0. The molecule has 1 aliphatic heterocycles. The van der Waals surface area contributed by atoms with E-state index < -0.39 is 6.43 Å². The number of rotatable bonds is 5. The molecule has 0 radical (unpaired) electrons. The van der Waals surface area contributed by atoms with E-state index in [0.29, 0.717) is 43.1 Å². The molecule has 4 heterocycles. The molecule has 0 saturated carbocycles. The number of imidazole rings is 1. The number of nitrogens with one attached hydrogen (secondary N) is 1. The number of hydrogen-bond donors (Lipinski definition) is 2. The fraction of sp³-hybridized carbons (Fsp3) is 0.444. The summed E-state index contributed by atoms with van der Waals surface area (Å²) in [7, 11) is 1.86. The number of anilines is 1. The summed E-state index contributed by atoms with van der Waals surface area (Å²) in [5.74, 6) is 0.821. The topological polar surface area (TPSA) is 91.5 Å². The fourth-order valence-corrected chi connectivity index (χ4v) is 3.53. The standard InChI is InChI=1S/C18H21F2N7O/c1-21-7-11-9-26(5-4-15(11)28)17-6-13(23-10-24-17)14-8-22-16-3-2-12(18(19)20)25-27(14)16/h2-3,6,8,10-11,15,18,21,28H,4-5,7,9H2,1H3. The van der Waals surface area contributed by atoms with Gasteiger partial charge in [-0.1, -0.05) is 0 Å². The van der Waals surface area contributed by atoms with E-state index in [1.54, 1.807) is 12.3 Å². The molecule has 0 aliphatic carbocycles. The number of aliphatic hydroxyl groups excluding tert-OH is 1. The fourth-order valence-electron chi connectivity index (χ4n) is 3.53. The third-order valence-corrected chi connectivity index (χ3v) is 5.01. The van der Waals surface area contributed by atoms with Crippen LogP contribution in [0.3, 0.4) is 0 Å². The largest absolute Gasteiger partial charge is 0.393 e. The van der Waals surface area contributed by atoms with E-state index in [-0.39, 0.29) is 17.7 Å². The molecule has 0 amide bonds. The minimum Gasteiger partial charge on any atom is -0.393 e. The lowest BCUT2D eigenvalue weighted by Crippen LogP contribution is -2.47. The zero-order valence-electron chi connectivity index (χ0n) is 15.3. The van der Waals surface area contributed by atoms with Crippen LogP contribution in [0.1, 0.15) is 18.5 Å². The van der Waals surface area contributed by atoms with Crippen molar-refractivity contribution in [1.29, 1.82) is 0 Å². The Labute approximate surface area is 160 Å². The van der Waals surface area contributed by atoms with E-state index in [9.17, 15) is 13.9 Å². The number of alkyl halides is 2. The summed E-state index contributed by atoms with van der Waals surface area (Å²) in [6.45, 7) is 2.06. The predicted molar refractivity (Wildman–Crippen MR) is 99.2 cm³/mol. The molecular weight excluding hydrogens is 368 g/mol. The number of aromatic nitrogens is 5. The normalized spacial score (nSPS) is 20.2. The Morgan fingerprint density at radius 3 is 2.93 bits per heavy atom. The number of hydrogen-bond acceptors (Lipinski definition) is 7. The van der Waals surface area contributed by atoms with E-state index in [2.05, 4.69) is 30.3 Å². The van der Waals surface area contributed by atoms with Gasteiger partial charge in [-0.05, 0) is 25.6 Å². The average Bonchev–Trinajstić information content (AvgIpc) is 3.13. The molecule has 1 aliphatic rings. The Kier molecular flexibility index (Phi) is 5.14. The van der Waals surface area contributed by atoms with Crippen LogP contribution in [0.15, 0.2) is 30.7 Å².